The number of nitrogens with zero attached hydrogens (tertiary/aromatic N) is 4. The van der Waals surface area contributed by atoms with Crippen molar-refractivity contribution >= 4 is 28.0 Å². The molecule has 3 unspecified atom stereocenters. The number of carbonyl (C=O) groups excluding carboxylic acids is 1. The first-order valence-electron chi connectivity index (χ1n) is 10.2. The standard InChI is InChI=1S/C22H27BrN4O3/c1-22(2,3)30-21(29)27-17-8-9-18(27)13-26(12-17)20-24-10-15(11-25-20)19(28)14-4-6-16(23)7-5-14/h4-7,10-11,17-19,28H,8-9,12-13H2,1-3H3. The Labute approximate surface area is 185 Å². The SMILES string of the molecule is CC(C)(C)OC(=O)N1C2CCC1CN(c1ncc(C(O)c3ccc(Br)cc3)cn1)C2. The second kappa shape index (κ2) is 8.15. The highest BCUT2D eigenvalue weighted by atomic mass is 79.9. The molecule has 4 rings (SSSR count). The highest BCUT2D eigenvalue weighted by Crippen LogP contribution is 2.33. The van der Waals surface area contributed by atoms with E-state index in [0.29, 0.717) is 24.6 Å². The summed E-state index contributed by atoms with van der Waals surface area (Å²) in [4.78, 5) is 25.6. The molecular formula is C22H27BrN4O3. The molecule has 2 aromatic rings. The topological polar surface area (TPSA) is 78.8 Å². The molecule has 3 heterocycles. The van der Waals surface area contributed by atoms with Gasteiger partial charge in [0.25, 0.3) is 0 Å². The Kier molecular flexibility index (Phi) is 5.72. The molecule has 0 saturated carbocycles. The van der Waals surface area contributed by atoms with Crippen molar-refractivity contribution in [3.05, 3.63) is 52.3 Å². The normalized spacial score (nSPS) is 22.2. The van der Waals surface area contributed by atoms with Gasteiger partial charge in [-0.15, -0.1) is 0 Å². The van der Waals surface area contributed by atoms with Gasteiger partial charge in [0, 0.05) is 35.5 Å². The van der Waals surface area contributed by atoms with Crippen molar-refractivity contribution in [3.8, 4) is 0 Å². The van der Waals surface area contributed by atoms with Gasteiger partial charge < -0.3 is 14.7 Å². The molecule has 1 aromatic carbocycles. The van der Waals surface area contributed by atoms with Crippen LogP contribution in [0.4, 0.5) is 10.7 Å². The lowest BCUT2D eigenvalue weighted by molar-refractivity contribution is 0.0122. The van der Waals surface area contributed by atoms with Crippen LogP contribution >= 0.6 is 15.9 Å². The van der Waals surface area contributed by atoms with Crippen LogP contribution in [0.25, 0.3) is 0 Å². The van der Waals surface area contributed by atoms with Gasteiger partial charge in [-0.3, -0.25) is 4.90 Å². The lowest BCUT2D eigenvalue weighted by atomic mass is 10.0. The number of carbonyl (C=O) groups is 1. The number of ether oxygens (including phenoxy) is 1. The van der Waals surface area contributed by atoms with Crippen LogP contribution in [0.3, 0.4) is 0 Å². The maximum Gasteiger partial charge on any atom is 0.410 e. The highest BCUT2D eigenvalue weighted by molar-refractivity contribution is 9.10. The van der Waals surface area contributed by atoms with Gasteiger partial charge in [0.2, 0.25) is 5.95 Å². The molecule has 1 aromatic heterocycles. The fourth-order valence-electron chi connectivity index (χ4n) is 4.15. The van der Waals surface area contributed by atoms with Gasteiger partial charge in [-0.2, -0.15) is 0 Å². The number of fused-ring (bicyclic) bond motifs is 2. The Balaban J connectivity index is 1.44. The predicted molar refractivity (Wildman–Crippen MR) is 117 cm³/mol. The number of aliphatic hydroxyl groups excluding tert-OH is 1. The first-order chi connectivity index (χ1) is 14.2. The van der Waals surface area contributed by atoms with Crippen molar-refractivity contribution < 1.29 is 14.6 Å². The minimum atomic E-state index is -0.771. The van der Waals surface area contributed by atoms with Gasteiger partial charge in [-0.25, -0.2) is 14.8 Å². The summed E-state index contributed by atoms with van der Waals surface area (Å²) < 4.78 is 6.56. The quantitative estimate of drug-likeness (QED) is 0.726. The summed E-state index contributed by atoms with van der Waals surface area (Å²) in [6.07, 6.45) is 4.27. The number of aromatic nitrogens is 2. The second-order valence-corrected chi connectivity index (χ2v) is 9.86. The number of halogens is 1. The van der Waals surface area contributed by atoms with Crippen LogP contribution in [0.15, 0.2) is 41.1 Å². The molecule has 3 atom stereocenters. The van der Waals surface area contributed by atoms with E-state index in [1.54, 1.807) is 12.4 Å². The van der Waals surface area contributed by atoms with Crippen molar-refractivity contribution in [2.24, 2.45) is 0 Å². The summed E-state index contributed by atoms with van der Waals surface area (Å²) in [5.41, 5.74) is 0.942. The Morgan fingerprint density at radius 3 is 2.20 bits per heavy atom. The third-order valence-electron chi connectivity index (χ3n) is 5.53. The maximum absolute atomic E-state index is 12.6. The lowest BCUT2D eigenvalue weighted by Gasteiger charge is -2.41. The molecule has 8 heteroatoms. The second-order valence-electron chi connectivity index (χ2n) is 8.95. The fraction of sp³-hybridized carbons (Fsp3) is 0.500. The molecule has 1 N–H and O–H groups in total. The van der Waals surface area contributed by atoms with E-state index in [-0.39, 0.29) is 18.2 Å². The molecule has 30 heavy (non-hydrogen) atoms. The van der Waals surface area contributed by atoms with Gasteiger partial charge in [0.05, 0.1) is 12.1 Å². The highest BCUT2D eigenvalue weighted by Gasteiger charge is 2.44. The summed E-state index contributed by atoms with van der Waals surface area (Å²) in [5, 5.41) is 10.6. The third-order valence-corrected chi connectivity index (χ3v) is 6.06. The zero-order chi connectivity index (χ0) is 21.5. The fourth-order valence-corrected chi connectivity index (χ4v) is 4.42. The van der Waals surface area contributed by atoms with Crippen molar-refractivity contribution in [1.29, 1.82) is 0 Å². The van der Waals surface area contributed by atoms with Crippen LogP contribution < -0.4 is 4.90 Å². The molecule has 2 fully saturated rings. The molecular weight excluding hydrogens is 448 g/mol. The van der Waals surface area contributed by atoms with E-state index in [1.165, 1.54) is 0 Å². The molecule has 160 valence electrons. The molecule has 0 radical (unpaired) electrons. The molecule has 0 aliphatic carbocycles. The van der Waals surface area contributed by atoms with E-state index < -0.39 is 11.7 Å². The average Bonchev–Trinajstić information content (AvgIpc) is 2.97. The van der Waals surface area contributed by atoms with Crippen LogP contribution in [0.1, 0.15) is 50.8 Å². The average molecular weight is 475 g/mol. The first kappa shape index (κ1) is 21.1. The summed E-state index contributed by atoms with van der Waals surface area (Å²) >= 11 is 3.40. The number of amides is 1. The summed E-state index contributed by atoms with van der Waals surface area (Å²) in [7, 11) is 0. The van der Waals surface area contributed by atoms with Crippen LogP contribution in [0.5, 0.6) is 0 Å². The van der Waals surface area contributed by atoms with E-state index in [0.717, 1.165) is 22.9 Å². The number of aliphatic hydroxyl groups is 1. The summed E-state index contributed by atoms with van der Waals surface area (Å²) in [6, 6.07) is 7.75. The van der Waals surface area contributed by atoms with E-state index in [1.807, 2.05) is 49.9 Å². The van der Waals surface area contributed by atoms with Crippen molar-refractivity contribution in [2.75, 3.05) is 18.0 Å². The van der Waals surface area contributed by atoms with E-state index in [4.69, 9.17) is 4.74 Å². The molecule has 2 saturated heterocycles. The van der Waals surface area contributed by atoms with E-state index in [2.05, 4.69) is 30.8 Å². The number of hydrogen-bond acceptors (Lipinski definition) is 6. The third kappa shape index (κ3) is 4.44. The van der Waals surface area contributed by atoms with Gasteiger partial charge in [0.15, 0.2) is 0 Å². The number of benzene rings is 1. The van der Waals surface area contributed by atoms with Gasteiger partial charge in [-0.1, -0.05) is 28.1 Å². The Morgan fingerprint density at radius 1 is 1.10 bits per heavy atom. The largest absolute Gasteiger partial charge is 0.444 e. The maximum atomic E-state index is 12.6. The van der Waals surface area contributed by atoms with Crippen molar-refractivity contribution in [3.63, 3.8) is 0 Å². The Morgan fingerprint density at radius 2 is 1.67 bits per heavy atom. The zero-order valence-electron chi connectivity index (χ0n) is 17.5. The Hall–Kier alpha value is -2.19. The number of rotatable bonds is 3. The van der Waals surface area contributed by atoms with Gasteiger partial charge in [-0.05, 0) is 51.3 Å². The molecule has 2 aliphatic rings. The minimum absolute atomic E-state index is 0.107. The number of anilines is 1. The van der Waals surface area contributed by atoms with Crippen LogP contribution in [0, 0.1) is 0 Å². The van der Waals surface area contributed by atoms with Crippen molar-refractivity contribution in [2.45, 2.75) is 57.4 Å². The Bertz CT molecular complexity index is 884. The molecule has 0 spiro atoms. The summed E-state index contributed by atoms with van der Waals surface area (Å²) in [5.74, 6) is 0.627. The smallest absolute Gasteiger partial charge is 0.410 e. The zero-order valence-corrected chi connectivity index (χ0v) is 19.0. The lowest BCUT2D eigenvalue weighted by Crippen LogP contribution is -2.57. The molecule has 2 aliphatic heterocycles. The summed E-state index contributed by atoms with van der Waals surface area (Å²) in [6.45, 7) is 7.04. The van der Waals surface area contributed by atoms with Crippen LogP contribution in [0.2, 0.25) is 0 Å². The monoisotopic (exact) mass is 474 g/mol. The first-order valence-corrected chi connectivity index (χ1v) is 11.0. The van der Waals surface area contributed by atoms with Gasteiger partial charge >= 0.3 is 6.09 Å². The number of hydrogen-bond donors (Lipinski definition) is 1. The molecule has 1 amide bonds. The van der Waals surface area contributed by atoms with Crippen LogP contribution in [-0.4, -0.2) is 56.8 Å². The van der Waals surface area contributed by atoms with E-state index >= 15 is 0 Å². The van der Waals surface area contributed by atoms with Crippen LogP contribution in [-0.2, 0) is 4.74 Å². The predicted octanol–water partition coefficient (Wildman–Crippen LogP) is 3.91. The minimum Gasteiger partial charge on any atom is -0.444 e. The molecule has 2 bridgehead atoms. The van der Waals surface area contributed by atoms with Gasteiger partial charge in [0.1, 0.15) is 11.7 Å². The van der Waals surface area contributed by atoms with Crippen molar-refractivity contribution in [1.82, 2.24) is 14.9 Å². The van der Waals surface area contributed by atoms with E-state index in [9.17, 15) is 9.90 Å². The molecule has 7 nitrogen and oxygen atoms in total. The number of piperazine rings is 1.